The van der Waals surface area contributed by atoms with Crippen molar-refractivity contribution in [3.8, 4) is 17.6 Å². The van der Waals surface area contributed by atoms with Crippen LogP contribution >= 0.6 is 23.8 Å². The lowest BCUT2D eigenvalue weighted by Gasteiger charge is -2.13. The molecule has 0 aliphatic rings. The summed E-state index contributed by atoms with van der Waals surface area (Å²) in [7, 11) is 0. The molecule has 0 saturated carbocycles. The van der Waals surface area contributed by atoms with Gasteiger partial charge in [-0.15, -0.1) is 0 Å². The molecular formula is C14H15ClN2O2S. The lowest BCUT2D eigenvalue weighted by molar-refractivity contribution is 0.288. The van der Waals surface area contributed by atoms with Crippen LogP contribution in [0.1, 0.15) is 19.4 Å². The maximum Gasteiger partial charge on any atom is 0.179 e. The maximum atomic E-state index is 8.96. The molecule has 4 nitrogen and oxygen atoms in total. The molecule has 6 heteroatoms. The lowest BCUT2D eigenvalue weighted by atomic mass is 10.1. The predicted octanol–water partition coefficient (Wildman–Crippen LogP) is 3.33. The van der Waals surface area contributed by atoms with E-state index in [2.05, 4.69) is 0 Å². The molecule has 1 aromatic carbocycles. The number of nitrogens with two attached hydrogens (primary N) is 1. The quantitative estimate of drug-likeness (QED) is 0.496. The topological polar surface area (TPSA) is 68.3 Å². The zero-order chi connectivity index (χ0) is 15.1. The van der Waals surface area contributed by atoms with E-state index in [0.717, 1.165) is 0 Å². The highest BCUT2D eigenvalue weighted by Crippen LogP contribution is 2.37. The first-order valence-electron chi connectivity index (χ1n) is 6.04. The Kier molecular flexibility index (Phi) is 6.29. The Morgan fingerprint density at radius 2 is 2.05 bits per heavy atom. The molecule has 0 amide bonds. The van der Waals surface area contributed by atoms with E-state index in [-0.39, 0.29) is 10.6 Å². The minimum atomic E-state index is 0.0375. The Balaban J connectivity index is 3.31. The smallest absolute Gasteiger partial charge is 0.179 e. The molecule has 0 aliphatic carbocycles. The highest BCUT2D eigenvalue weighted by molar-refractivity contribution is 7.80. The van der Waals surface area contributed by atoms with Crippen molar-refractivity contribution in [3.63, 3.8) is 0 Å². The molecule has 0 fully saturated rings. The molecule has 1 aromatic rings. The second-order valence-electron chi connectivity index (χ2n) is 3.73. The van der Waals surface area contributed by atoms with E-state index in [4.69, 9.17) is 44.3 Å². The van der Waals surface area contributed by atoms with Crippen molar-refractivity contribution < 1.29 is 9.47 Å². The van der Waals surface area contributed by atoms with Crippen LogP contribution in [-0.4, -0.2) is 18.2 Å². The van der Waals surface area contributed by atoms with Gasteiger partial charge in [0.1, 0.15) is 11.1 Å². The van der Waals surface area contributed by atoms with Gasteiger partial charge in [0.05, 0.1) is 23.8 Å². The van der Waals surface area contributed by atoms with Crippen molar-refractivity contribution in [1.82, 2.24) is 0 Å². The van der Waals surface area contributed by atoms with Gasteiger partial charge in [-0.3, -0.25) is 0 Å². The number of hydrogen-bond acceptors (Lipinski definition) is 4. The van der Waals surface area contributed by atoms with E-state index in [0.29, 0.717) is 35.3 Å². The molecule has 0 unspecified atom stereocenters. The van der Waals surface area contributed by atoms with E-state index in [9.17, 15) is 0 Å². The minimum absolute atomic E-state index is 0.0375. The van der Waals surface area contributed by atoms with Gasteiger partial charge in [-0.1, -0.05) is 23.8 Å². The summed E-state index contributed by atoms with van der Waals surface area (Å²) in [5.74, 6) is 1.01. The monoisotopic (exact) mass is 310 g/mol. The standard InChI is InChI=1S/C14H15ClN2O2S/c1-3-18-12-7-9(5-10(8-16)14(17)20)6-11(15)13(12)19-4-2/h5-7H,3-4H2,1-2H3,(H2,17,20). The van der Waals surface area contributed by atoms with Crippen LogP contribution in [0.25, 0.3) is 6.08 Å². The third kappa shape index (κ3) is 4.12. The number of rotatable bonds is 6. The van der Waals surface area contributed by atoms with Crippen LogP contribution in [-0.2, 0) is 0 Å². The summed E-state index contributed by atoms with van der Waals surface area (Å²) in [6, 6.07) is 5.34. The zero-order valence-electron chi connectivity index (χ0n) is 11.3. The predicted molar refractivity (Wildman–Crippen MR) is 84.2 cm³/mol. The summed E-state index contributed by atoms with van der Waals surface area (Å²) in [5.41, 5.74) is 6.34. The normalized spacial score (nSPS) is 10.8. The first-order chi connectivity index (χ1) is 9.53. The van der Waals surface area contributed by atoms with Gasteiger partial charge in [-0.25, -0.2) is 0 Å². The summed E-state index contributed by atoms with van der Waals surface area (Å²) in [6.45, 7) is 4.68. The van der Waals surface area contributed by atoms with Gasteiger partial charge >= 0.3 is 0 Å². The number of thiocarbonyl (C=S) groups is 1. The number of nitriles is 1. The third-order valence-corrected chi connectivity index (χ3v) is 2.82. The Hall–Kier alpha value is -1.77. The molecule has 0 spiro atoms. The van der Waals surface area contributed by atoms with Gasteiger partial charge in [0.15, 0.2) is 11.5 Å². The first-order valence-corrected chi connectivity index (χ1v) is 6.82. The molecule has 0 aromatic heterocycles. The number of halogens is 1. The Bertz CT molecular complexity index is 579. The number of ether oxygens (including phenoxy) is 2. The Labute approximate surface area is 128 Å². The minimum Gasteiger partial charge on any atom is -0.490 e. The Morgan fingerprint density at radius 3 is 2.55 bits per heavy atom. The molecule has 0 radical (unpaired) electrons. The maximum absolute atomic E-state index is 8.96. The molecule has 20 heavy (non-hydrogen) atoms. The van der Waals surface area contributed by atoms with E-state index >= 15 is 0 Å². The largest absolute Gasteiger partial charge is 0.490 e. The van der Waals surface area contributed by atoms with E-state index in [1.807, 2.05) is 19.9 Å². The molecule has 0 saturated heterocycles. The van der Waals surface area contributed by atoms with Crippen LogP contribution in [0.2, 0.25) is 5.02 Å². The fourth-order valence-corrected chi connectivity index (χ4v) is 1.92. The highest BCUT2D eigenvalue weighted by Gasteiger charge is 2.12. The first kappa shape index (κ1) is 16.3. The second-order valence-corrected chi connectivity index (χ2v) is 4.58. The summed E-state index contributed by atoms with van der Waals surface area (Å²) in [4.78, 5) is 0.0375. The molecule has 0 heterocycles. The molecule has 2 N–H and O–H groups in total. The van der Waals surface area contributed by atoms with Gasteiger partial charge in [-0.05, 0) is 37.6 Å². The van der Waals surface area contributed by atoms with Gasteiger partial charge in [-0.2, -0.15) is 5.26 Å². The van der Waals surface area contributed by atoms with E-state index in [1.54, 1.807) is 18.2 Å². The second kappa shape index (κ2) is 7.73. The third-order valence-electron chi connectivity index (χ3n) is 2.32. The number of benzene rings is 1. The molecule has 0 aliphatic heterocycles. The average Bonchev–Trinajstić information content (AvgIpc) is 2.40. The SMILES string of the molecule is CCOc1cc(C=C(C#N)C(N)=S)cc(Cl)c1OCC. The van der Waals surface area contributed by atoms with E-state index in [1.165, 1.54) is 0 Å². The van der Waals surface area contributed by atoms with Crippen molar-refractivity contribution >= 4 is 34.9 Å². The molecule has 0 atom stereocenters. The van der Waals surface area contributed by atoms with Crippen LogP contribution < -0.4 is 15.2 Å². The number of hydrogen-bond donors (Lipinski definition) is 1. The number of nitrogens with zero attached hydrogens (tertiary/aromatic N) is 1. The van der Waals surface area contributed by atoms with Gasteiger partial charge < -0.3 is 15.2 Å². The lowest BCUT2D eigenvalue weighted by Crippen LogP contribution is -2.09. The van der Waals surface area contributed by atoms with Crippen molar-refractivity contribution in [2.75, 3.05) is 13.2 Å². The average molecular weight is 311 g/mol. The van der Waals surface area contributed by atoms with Crippen molar-refractivity contribution in [3.05, 3.63) is 28.3 Å². The van der Waals surface area contributed by atoms with Crippen LogP contribution in [0, 0.1) is 11.3 Å². The summed E-state index contributed by atoms with van der Waals surface area (Å²) in [6.07, 6.45) is 1.56. The molecule has 1 rings (SSSR count). The van der Waals surface area contributed by atoms with Crippen LogP contribution in [0.15, 0.2) is 17.7 Å². The fraction of sp³-hybridized carbons (Fsp3) is 0.286. The highest BCUT2D eigenvalue weighted by atomic mass is 35.5. The summed E-state index contributed by atoms with van der Waals surface area (Å²) in [5, 5.41) is 9.37. The van der Waals surface area contributed by atoms with Crippen molar-refractivity contribution in [2.45, 2.75) is 13.8 Å². The zero-order valence-corrected chi connectivity index (χ0v) is 12.8. The van der Waals surface area contributed by atoms with E-state index < -0.39 is 0 Å². The van der Waals surface area contributed by atoms with Crippen LogP contribution in [0.4, 0.5) is 0 Å². The Morgan fingerprint density at radius 1 is 1.40 bits per heavy atom. The van der Waals surface area contributed by atoms with Crippen molar-refractivity contribution in [2.24, 2.45) is 5.73 Å². The van der Waals surface area contributed by atoms with Crippen LogP contribution in [0.5, 0.6) is 11.5 Å². The summed E-state index contributed by atoms with van der Waals surface area (Å²) >= 11 is 11.0. The van der Waals surface area contributed by atoms with Gasteiger partial charge in [0.2, 0.25) is 0 Å². The van der Waals surface area contributed by atoms with Crippen LogP contribution in [0.3, 0.4) is 0 Å². The van der Waals surface area contributed by atoms with Gasteiger partial charge in [0.25, 0.3) is 0 Å². The summed E-state index contributed by atoms with van der Waals surface area (Å²) < 4.78 is 11.0. The fourth-order valence-electron chi connectivity index (χ4n) is 1.54. The van der Waals surface area contributed by atoms with Crippen molar-refractivity contribution in [1.29, 1.82) is 5.26 Å². The molecule has 0 bridgehead atoms. The molecular weight excluding hydrogens is 296 g/mol. The molecule has 106 valence electrons. The van der Waals surface area contributed by atoms with Gasteiger partial charge in [0, 0.05) is 0 Å².